The highest BCUT2D eigenvalue weighted by Gasteiger charge is 2.19. The minimum Gasteiger partial charge on any atom is -0.343 e. The van der Waals surface area contributed by atoms with Crippen molar-refractivity contribution < 1.29 is 14.4 Å². The Morgan fingerprint density at radius 3 is 2.50 bits per heavy atom. The summed E-state index contributed by atoms with van der Waals surface area (Å²) in [5.74, 6) is -0.715. The molecule has 3 amide bonds. The maximum atomic E-state index is 12.1. The van der Waals surface area contributed by atoms with E-state index < -0.39 is 5.91 Å². The minimum atomic E-state index is -0.410. The van der Waals surface area contributed by atoms with Crippen molar-refractivity contribution in [2.45, 2.75) is 19.8 Å². The molecular formula is C15H18ClN3O3. The first-order valence-corrected chi connectivity index (χ1v) is 7.48. The molecule has 1 fully saturated rings. The van der Waals surface area contributed by atoms with Crippen molar-refractivity contribution in [1.82, 2.24) is 10.2 Å². The van der Waals surface area contributed by atoms with E-state index in [2.05, 4.69) is 10.6 Å². The maximum absolute atomic E-state index is 12.1. The number of nitrogens with zero attached hydrogens (tertiary/aromatic N) is 1. The zero-order valence-corrected chi connectivity index (χ0v) is 13.1. The normalized spacial score (nSPS) is 13.8. The second-order valence-electron chi connectivity index (χ2n) is 5.15. The fraction of sp³-hybridized carbons (Fsp3) is 0.400. The van der Waals surface area contributed by atoms with Gasteiger partial charge in [0.05, 0.1) is 17.1 Å². The summed E-state index contributed by atoms with van der Waals surface area (Å²) < 4.78 is 0. The van der Waals surface area contributed by atoms with Crippen LogP contribution in [0.15, 0.2) is 18.2 Å². The van der Waals surface area contributed by atoms with Crippen LogP contribution in [0.1, 0.15) is 30.1 Å². The number of amides is 3. The molecule has 0 unspecified atom stereocenters. The molecule has 0 aliphatic carbocycles. The Balaban J connectivity index is 1.94. The van der Waals surface area contributed by atoms with Gasteiger partial charge in [-0.2, -0.15) is 0 Å². The van der Waals surface area contributed by atoms with E-state index >= 15 is 0 Å². The first-order valence-electron chi connectivity index (χ1n) is 7.10. The van der Waals surface area contributed by atoms with Crippen LogP contribution < -0.4 is 10.6 Å². The van der Waals surface area contributed by atoms with Crippen molar-refractivity contribution in [2.24, 2.45) is 0 Å². The van der Waals surface area contributed by atoms with Gasteiger partial charge < -0.3 is 15.5 Å². The number of carbonyl (C=O) groups excluding carboxylic acids is 3. The summed E-state index contributed by atoms with van der Waals surface area (Å²) in [4.78, 5) is 36.6. The van der Waals surface area contributed by atoms with E-state index in [0.717, 1.165) is 25.9 Å². The summed E-state index contributed by atoms with van der Waals surface area (Å²) in [6.45, 7) is 2.85. The van der Waals surface area contributed by atoms with E-state index in [1.54, 1.807) is 11.0 Å². The molecule has 2 rings (SSSR count). The summed E-state index contributed by atoms with van der Waals surface area (Å²) in [6.07, 6.45) is 2.02. The summed E-state index contributed by atoms with van der Waals surface area (Å²) in [5.41, 5.74) is 0.784. The Labute approximate surface area is 133 Å². The van der Waals surface area contributed by atoms with E-state index in [9.17, 15) is 14.4 Å². The van der Waals surface area contributed by atoms with Gasteiger partial charge in [0.2, 0.25) is 11.8 Å². The smallest absolute Gasteiger partial charge is 0.253 e. The SMILES string of the molecule is CC(=O)Nc1ccc(C(=O)NCC(=O)N2CCCC2)c(Cl)c1. The van der Waals surface area contributed by atoms with Crippen LogP contribution in [0, 0.1) is 0 Å². The number of hydrogen-bond donors (Lipinski definition) is 2. The third kappa shape index (κ3) is 4.21. The molecule has 6 nitrogen and oxygen atoms in total. The zero-order valence-electron chi connectivity index (χ0n) is 12.3. The lowest BCUT2D eigenvalue weighted by Gasteiger charge is -2.15. The van der Waals surface area contributed by atoms with Crippen molar-refractivity contribution in [3.05, 3.63) is 28.8 Å². The number of rotatable bonds is 4. The van der Waals surface area contributed by atoms with Gasteiger partial charge in [0.15, 0.2) is 0 Å². The quantitative estimate of drug-likeness (QED) is 0.884. The number of likely N-dealkylation sites (tertiary alicyclic amines) is 1. The van der Waals surface area contributed by atoms with Crippen molar-refractivity contribution in [2.75, 3.05) is 25.0 Å². The summed E-state index contributed by atoms with van der Waals surface area (Å²) >= 11 is 6.04. The lowest BCUT2D eigenvalue weighted by Crippen LogP contribution is -2.38. The van der Waals surface area contributed by atoms with E-state index in [1.165, 1.54) is 19.1 Å². The molecular weight excluding hydrogens is 306 g/mol. The molecule has 0 atom stereocenters. The van der Waals surface area contributed by atoms with E-state index in [4.69, 9.17) is 11.6 Å². The molecule has 0 bridgehead atoms. The largest absolute Gasteiger partial charge is 0.343 e. The van der Waals surface area contributed by atoms with Crippen LogP contribution in [0.5, 0.6) is 0 Å². The monoisotopic (exact) mass is 323 g/mol. The average Bonchev–Trinajstić information content (AvgIpc) is 2.98. The first kappa shape index (κ1) is 16.3. The highest BCUT2D eigenvalue weighted by atomic mass is 35.5. The molecule has 0 radical (unpaired) electrons. The molecule has 0 aromatic heterocycles. The van der Waals surface area contributed by atoms with Gasteiger partial charge in [0.1, 0.15) is 0 Å². The van der Waals surface area contributed by atoms with Crippen LogP contribution in [0.2, 0.25) is 5.02 Å². The lowest BCUT2D eigenvalue weighted by atomic mass is 10.2. The van der Waals surface area contributed by atoms with E-state index in [0.29, 0.717) is 5.69 Å². The molecule has 2 N–H and O–H groups in total. The Morgan fingerprint density at radius 1 is 1.23 bits per heavy atom. The Morgan fingerprint density at radius 2 is 1.91 bits per heavy atom. The lowest BCUT2D eigenvalue weighted by molar-refractivity contribution is -0.129. The third-order valence-electron chi connectivity index (χ3n) is 3.39. The minimum absolute atomic E-state index is 0.0391. The highest BCUT2D eigenvalue weighted by Crippen LogP contribution is 2.21. The number of halogens is 1. The number of benzene rings is 1. The Kier molecular flexibility index (Phi) is 5.38. The molecule has 22 heavy (non-hydrogen) atoms. The number of carbonyl (C=O) groups is 3. The predicted octanol–water partition coefficient (Wildman–Crippen LogP) is 1.65. The summed E-state index contributed by atoms with van der Waals surface area (Å²) in [5, 5.41) is 5.38. The van der Waals surface area contributed by atoms with Crippen molar-refractivity contribution in [1.29, 1.82) is 0 Å². The van der Waals surface area contributed by atoms with Gasteiger partial charge in [-0.15, -0.1) is 0 Å². The molecule has 1 aromatic carbocycles. The molecule has 118 valence electrons. The van der Waals surface area contributed by atoms with E-state index in [-0.39, 0.29) is 28.9 Å². The second-order valence-corrected chi connectivity index (χ2v) is 5.55. The summed E-state index contributed by atoms with van der Waals surface area (Å²) in [7, 11) is 0. The topological polar surface area (TPSA) is 78.5 Å². The van der Waals surface area contributed by atoms with Crippen LogP contribution in [-0.4, -0.2) is 42.3 Å². The molecule has 0 spiro atoms. The maximum Gasteiger partial charge on any atom is 0.253 e. The van der Waals surface area contributed by atoms with Gasteiger partial charge in [-0.25, -0.2) is 0 Å². The van der Waals surface area contributed by atoms with Crippen molar-refractivity contribution in [3.8, 4) is 0 Å². The van der Waals surface area contributed by atoms with Crippen LogP contribution in [0.25, 0.3) is 0 Å². The average molecular weight is 324 g/mol. The number of hydrogen-bond acceptors (Lipinski definition) is 3. The van der Waals surface area contributed by atoms with Crippen LogP contribution in [-0.2, 0) is 9.59 Å². The van der Waals surface area contributed by atoms with Crippen molar-refractivity contribution in [3.63, 3.8) is 0 Å². The van der Waals surface area contributed by atoms with Crippen LogP contribution >= 0.6 is 11.6 Å². The van der Waals surface area contributed by atoms with Crippen molar-refractivity contribution >= 4 is 35.0 Å². The van der Waals surface area contributed by atoms with Gasteiger partial charge in [0.25, 0.3) is 5.91 Å². The second kappa shape index (κ2) is 7.26. The third-order valence-corrected chi connectivity index (χ3v) is 3.71. The molecule has 1 saturated heterocycles. The number of anilines is 1. The fourth-order valence-corrected chi connectivity index (χ4v) is 2.58. The van der Waals surface area contributed by atoms with Gasteiger partial charge >= 0.3 is 0 Å². The van der Waals surface area contributed by atoms with Gasteiger partial charge in [-0.1, -0.05) is 11.6 Å². The van der Waals surface area contributed by atoms with Crippen LogP contribution in [0.3, 0.4) is 0 Å². The molecule has 1 aromatic rings. The highest BCUT2D eigenvalue weighted by molar-refractivity contribution is 6.34. The fourth-order valence-electron chi connectivity index (χ4n) is 2.31. The van der Waals surface area contributed by atoms with E-state index in [1.807, 2.05) is 0 Å². The first-order chi connectivity index (χ1) is 10.5. The summed E-state index contributed by atoms with van der Waals surface area (Å²) in [6, 6.07) is 4.61. The van der Waals surface area contributed by atoms with Gasteiger partial charge in [0, 0.05) is 25.7 Å². The molecule has 1 aliphatic rings. The Hall–Kier alpha value is -2.08. The predicted molar refractivity (Wildman–Crippen MR) is 83.9 cm³/mol. The standard InChI is InChI=1S/C15H18ClN3O3/c1-10(20)18-11-4-5-12(13(16)8-11)15(22)17-9-14(21)19-6-2-3-7-19/h4-5,8H,2-3,6-7,9H2,1H3,(H,17,22)(H,18,20). The Bertz CT molecular complexity index is 598. The molecule has 1 aliphatic heterocycles. The molecule has 1 heterocycles. The van der Waals surface area contributed by atoms with Gasteiger partial charge in [-0.3, -0.25) is 14.4 Å². The van der Waals surface area contributed by atoms with Crippen LogP contribution in [0.4, 0.5) is 5.69 Å². The van der Waals surface area contributed by atoms with Gasteiger partial charge in [-0.05, 0) is 31.0 Å². The molecule has 7 heteroatoms. The zero-order chi connectivity index (χ0) is 16.1. The molecule has 0 saturated carbocycles. The number of nitrogens with one attached hydrogen (secondary N) is 2.